The van der Waals surface area contributed by atoms with Crippen molar-refractivity contribution in [3.63, 3.8) is 0 Å². The van der Waals surface area contributed by atoms with Crippen LogP contribution in [0.2, 0.25) is 0 Å². The fraction of sp³-hybridized carbons (Fsp3) is 0.200. The first-order chi connectivity index (χ1) is 7.16. The van der Waals surface area contributed by atoms with Crippen molar-refractivity contribution in [1.29, 1.82) is 0 Å². The van der Waals surface area contributed by atoms with E-state index in [4.69, 9.17) is 5.73 Å². The molecule has 0 bridgehead atoms. The van der Waals surface area contributed by atoms with Gasteiger partial charge in [0.25, 0.3) is 0 Å². The third-order valence-corrected chi connectivity index (χ3v) is 2.12. The van der Waals surface area contributed by atoms with E-state index in [1.54, 1.807) is 19.2 Å². The molecule has 2 aromatic rings. The Morgan fingerprint density at radius 1 is 1.60 bits per heavy atom. The first kappa shape index (κ1) is 9.67. The molecule has 0 aliphatic heterocycles. The van der Waals surface area contributed by atoms with Gasteiger partial charge in [-0.2, -0.15) is 5.10 Å². The van der Waals surface area contributed by atoms with Crippen LogP contribution < -0.4 is 11.1 Å². The van der Waals surface area contributed by atoms with Gasteiger partial charge in [0, 0.05) is 11.1 Å². The molecule has 0 fully saturated rings. The van der Waals surface area contributed by atoms with Gasteiger partial charge in [-0.25, -0.2) is 0 Å². The number of aromatic nitrogens is 2. The van der Waals surface area contributed by atoms with Crippen LogP contribution in [0.4, 0.5) is 5.69 Å². The number of amides is 1. The van der Waals surface area contributed by atoms with Crippen molar-refractivity contribution in [2.45, 2.75) is 13.0 Å². The number of rotatable bonds is 2. The fourth-order valence-electron chi connectivity index (χ4n) is 1.28. The number of carbonyl (C=O) groups is 1. The monoisotopic (exact) mass is 204 g/mol. The van der Waals surface area contributed by atoms with Gasteiger partial charge < -0.3 is 11.1 Å². The van der Waals surface area contributed by atoms with E-state index in [1.165, 1.54) is 0 Å². The maximum absolute atomic E-state index is 11.3. The quantitative estimate of drug-likeness (QED) is 0.678. The van der Waals surface area contributed by atoms with Gasteiger partial charge in [0.2, 0.25) is 5.91 Å². The molecule has 5 nitrogen and oxygen atoms in total. The highest BCUT2D eigenvalue weighted by atomic mass is 16.2. The van der Waals surface area contributed by atoms with Crippen molar-refractivity contribution < 1.29 is 4.79 Å². The molecule has 2 rings (SSSR count). The van der Waals surface area contributed by atoms with Gasteiger partial charge >= 0.3 is 0 Å². The van der Waals surface area contributed by atoms with Gasteiger partial charge in [0.05, 0.1) is 17.8 Å². The van der Waals surface area contributed by atoms with Gasteiger partial charge in [-0.05, 0) is 25.1 Å². The number of fused-ring (bicyclic) bond motifs is 1. The highest BCUT2D eigenvalue weighted by molar-refractivity contribution is 5.96. The number of hydrogen-bond donors (Lipinski definition) is 3. The molecule has 0 aliphatic rings. The fourth-order valence-corrected chi connectivity index (χ4v) is 1.28. The minimum absolute atomic E-state index is 0.196. The summed E-state index contributed by atoms with van der Waals surface area (Å²) >= 11 is 0. The molecule has 0 saturated carbocycles. The Kier molecular flexibility index (Phi) is 2.39. The van der Waals surface area contributed by atoms with Crippen molar-refractivity contribution in [1.82, 2.24) is 10.2 Å². The van der Waals surface area contributed by atoms with E-state index >= 15 is 0 Å². The van der Waals surface area contributed by atoms with Crippen molar-refractivity contribution in [2.75, 3.05) is 5.32 Å². The number of nitrogens with two attached hydrogens (primary N) is 1. The molecule has 5 heteroatoms. The third kappa shape index (κ3) is 1.97. The van der Waals surface area contributed by atoms with E-state index < -0.39 is 6.04 Å². The predicted molar refractivity (Wildman–Crippen MR) is 58.4 cm³/mol. The van der Waals surface area contributed by atoms with Crippen LogP contribution in [0.15, 0.2) is 24.4 Å². The average Bonchev–Trinajstić information content (AvgIpc) is 2.64. The lowest BCUT2D eigenvalue weighted by atomic mass is 10.2. The Morgan fingerprint density at radius 2 is 2.40 bits per heavy atom. The lowest BCUT2D eigenvalue weighted by Gasteiger charge is -2.07. The summed E-state index contributed by atoms with van der Waals surface area (Å²) in [6, 6.07) is 5.00. The highest BCUT2D eigenvalue weighted by Crippen LogP contribution is 2.16. The van der Waals surface area contributed by atoms with E-state index in [1.807, 2.05) is 12.1 Å². The Bertz CT molecular complexity index is 489. The van der Waals surface area contributed by atoms with Gasteiger partial charge in [0.15, 0.2) is 0 Å². The second kappa shape index (κ2) is 3.70. The summed E-state index contributed by atoms with van der Waals surface area (Å²) in [6.45, 7) is 1.64. The van der Waals surface area contributed by atoms with Gasteiger partial charge in [-0.1, -0.05) is 0 Å². The second-order valence-electron chi connectivity index (χ2n) is 3.45. The summed E-state index contributed by atoms with van der Waals surface area (Å²) in [5, 5.41) is 10.4. The number of nitrogens with one attached hydrogen (secondary N) is 2. The van der Waals surface area contributed by atoms with Crippen LogP contribution in [0.3, 0.4) is 0 Å². The van der Waals surface area contributed by atoms with Gasteiger partial charge in [-0.15, -0.1) is 0 Å². The summed E-state index contributed by atoms with van der Waals surface area (Å²) < 4.78 is 0. The molecule has 0 radical (unpaired) electrons. The number of H-pyrrole nitrogens is 1. The molecule has 0 aliphatic carbocycles. The maximum Gasteiger partial charge on any atom is 0.240 e. The van der Waals surface area contributed by atoms with E-state index in [0.29, 0.717) is 0 Å². The zero-order chi connectivity index (χ0) is 10.8. The van der Waals surface area contributed by atoms with Gasteiger partial charge in [0.1, 0.15) is 0 Å². The Hall–Kier alpha value is -1.88. The summed E-state index contributed by atoms with van der Waals surface area (Å²) in [5.74, 6) is -0.196. The summed E-state index contributed by atoms with van der Waals surface area (Å²) in [5.41, 5.74) is 7.11. The summed E-state index contributed by atoms with van der Waals surface area (Å²) in [7, 11) is 0. The van der Waals surface area contributed by atoms with Crippen LogP contribution in [0.1, 0.15) is 6.92 Å². The Balaban J connectivity index is 2.25. The van der Waals surface area contributed by atoms with Crippen molar-refractivity contribution >= 4 is 22.5 Å². The van der Waals surface area contributed by atoms with E-state index in [2.05, 4.69) is 15.5 Å². The molecule has 0 saturated heterocycles. The van der Waals surface area contributed by atoms with E-state index in [0.717, 1.165) is 16.6 Å². The molecule has 1 heterocycles. The van der Waals surface area contributed by atoms with E-state index in [-0.39, 0.29) is 5.91 Å². The molecule has 1 aromatic heterocycles. The Labute approximate surface area is 86.7 Å². The molecule has 1 aromatic carbocycles. The second-order valence-corrected chi connectivity index (χ2v) is 3.45. The molecular weight excluding hydrogens is 192 g/mol. The molecule has 78 valence electrons. The zero-order valence-electron chi connectivity index (χ0n) is 8.32. The van der Waals surface area contributed by atoms with Crippen LogP contribution in [0.5, 0.6) is 0 Å². The largest absolute Gasteiger partial charge is 0.325 e. The smallest absolute Gasteiger partial charge is 0.240 e. The zero-order valence-corrected chi connectivity index (χ0v) is 8.32. The molecule has 0 unspecified atom stereocenters. The number of benzene rings is 1. The molecule has 15 heavy (non-hydrogen) atoms. The minimum atomic E-state index is -0.509. The first-order valence-electron chi connectivity index (χ1n) is 4.66. The van der Waals surface area contributed by atoms with Crippen LogP contribution in [0.25, 0.3) is 10.9 Å². The summed E-state index contributed by atoms with van der Waals surface area (Å²) in [4.78, 5) is 11.3. The highest BCUT2D eigenvalue weighted by Gasteiger charge is 2.07. The van der Waals surface area contributed by atoms with Crippen molar-refractivity contribution in [3.8, 4) is 0 Å². The van der Waals surface area contributed by atoms with E-state index in [9.17, 15) is 4.79 Å². The molecule has 1 atom stereocenters. The number of nitrogens with zero attached hydrogens (tertiary/aromatic N) is 1. The lowest BCUT2D eigenvalue weighted by Crippen LogP contribution is -2.32. The lowest BCUT2D eigenvalue weighted by molar-refractivity contribution is -0.117. The van der Waals surface area contributed by atoms with Crippen molar-refractivity contribution in [2.24, 2.45) is 5.73 Å². The molecule has 4 N–H and O–H groups in total. The number of carbonyl (C=O) groups excluding carboxylic acids is 1. The number of anilines is 1. The van der Waals surface area contributed by atoms with Crippen LogP contribution in [-0.4, -0.2) is 22.1 Å². The van der Waals surface area contributed by atoms with Crippen LogP contribution >= 0.6 is 0 Å². The first-order valence-corrected chi connectivity index (χ1v) is 4.66. The topological polar surface area (TPSA) is 83.8 Å². The Morgan fingerprint density at radius 3 is 3.13 bits per heavy atom. The average molecular weight is 204 g/mol. The number of aromatic amines is 1. The minimum Gasteiger partial charge on any atom is -0.325 e. The molecule has 1 amide bonds. The van der Waals surface area contributed by atoms with Gasteiger partial charge in [-0.3, -0.25) is 9.89 Å². The third-order valence-electron chi connectivity index (χ3n) is 2.12. The van der Waals surface area contributed by atoms with Crippen LogP contribution in [0, 0.1) is 0 Å². The van der Waals surface area contributed by atoms with Crippen LogP contribution in [-0.2, 0) is 4.79 Å². The normalized spacial score (nSPS) is 12.7. The molecular formula is C10H12N4O. The standard InChI is InChI=1S/C10H12N4O/c1-6(11)10(15)13-8-2-3-9-7(4-8)5-12-14-9/h2-6H,11H2,1H3,(H,12,14)(H,13,15)/t6-/m0/s1. The summed E-state index contributed by atoms with van der Waals surface area (Å²) in [6.07, 6.45) is 1.71. The maximum atomic E-state index is 11.3. The molecule has 0 spiro atoms. The number of hydrogen-bond acceptors (Lipinski definition) is 3. The SMILES string of the molecule is C[C@H](N)C(=O)Nc1ccc2[nH]ncc2c1. The predicted octanol–water partition coefficient (Wildman–Crippen LogP) is 0.849. The van der Waals surface area contributed by atoms with Crippen molar-refractivity contribution in [3.05, 3.63) is 24.4 Å².